The Hall–Kier alpha value is -3.97. The van der Waals surface area contributed by atoms with Gasteiger partial charge in [0, 0.05) is 42.1 Å². The van der Waals surface area contributed by atoms with Crippen LogP contribution in [0.4, 0.5) is 11.4 Å². The first kappa shape index (κ1) is 21.9. The summed E-state index contributed by atoms with van der Waals surface area (Å²) >= 11 is 5.84. The maximum Gasteiger partial charge on any atom is 0.221 e. The van der Waals surface area contributed by atoms with Crippen LogP contribution in [0.3, 0.4) is 0 Å². The van der Waals surface area contributed by atoms with E-state index in [0.717, 1.165) is 28.5 Å². The number of hydrogen-bond acceptors (Lipinski definition) is 3. The smallest absolute Gasteiger partial charge is 0.221 e. The van der Waals surface area contributed by atoms with E-state index in [1.165, 1.54) is 12.5 Å². The minimum absolute atomic E-state index is 0.102. The molecule has 2 aromatic carbocycles. The lowest BCUT2D eigenvalue weighted by molar-refractivity contribution is -0.114. The number of nitrogens with zero attached hydrogens (tertiary/aromatic N) is 3. The van der Waals surface area contributed by atoms with Crippen LogP contribution in [0.15, 0.2) is 91.3 Å². The average Bonchev–Trinajstić information content (AvgIpc) is 3.45. The maximum atomic E-state index is 11.4. The second-order valence-corrected chi connectivity index (χ2v) is 8.75. The number of aryl methyl sites for hydroxylation is 1. The zero-order valence-corrected chi connectivity index (χ0v) is 19.8. The lowest BCUT2D eigenvalue weighted by atomic mass is 10.0. The number of carbonyl (C=O) groups excluding carboxylic acids is 1. The maximum absolute atomic E-state index is 11.4. The van der Waals surface area contributed by atoms with Gasteiger partial charge in [0.25, 0.3) is 0 Å². The summed E-state index contributed by atoms with van der Waals surface area (Å²) in [5.74, 6) is -0.102. The van der Waals surface area contributed by atoms with Crippen molar-refractivity contribution in [2.75, 3.05) is 10.2 Å². The first-order valence-corrected chi connectivity index (χ1v) is 11.5. The van der Waals surface area contributed by atoms with Crippen molar-refractivity contribution < 1.29 is 4.79 Å². The summed E-state index contributed by atoms with van der Waals surface area (Å²) in [4.78, 5) is 18.2. The average molecular weight is 468 g/mol. The van der Waals surface area contributed by atoms with Gasteiger partial charge in [-0.25, -0.2) is 0 Å². The molecule has 0 saturated carbocycles. The molecule has 1 aliphatic rings. The van der Waals surface area contributed by atoms with E-state index in [4.69, 9.17) is 12.2 Å². The van der Waals surface area contributed by atoms with Crippen molar-refractivity contribution in [1.29, 1.82) is 0 Å². The van der Waals surface area contributed by atoms with Crippen molar-refractivity contribution >= 4 is 34.6 Å². The number of pyridine rings is 1. The summed E-state index contributed by atoms with van der Waals surface area (Å²) in [5.41, 5.74) is 6.00. The molecule has 2 atom stereocenters. The highest BCUT2D eigenvalue weighted by Crippen LogP contribution is 2.42. The van der Waals surface area contributed by atoms with E-state index in [1.54, 1.807) is 6.20 Å². The van der Waals surface area contributed by atoms with Crippen molar-refractivity contribution in [3.8, 4) is 5.69 Å². The molecule has 170 valence electrons. The number of amides is 1. The van der Waals surface area contributed by atoms with Gasteiger partial charge in [0.15, 0.2) is 5.11 Å². The number of anilines is 2. The minimum Gasteiger partial charge on any atom is -0.351 e. The third-order valence-electron chi connectivity index (χ3n) is 5.96. The van der Waals surface area contributed by atoms with Crippen LogP contribution in [0.1, 0.15) is 36.0 Å². The number of thiocarbonyl (C=S) groups is 1. The molecule has 3 heterocycles. The molecule has 0 unspecified atom stereocenters. The second kappa shape index (κ2) is 9.11. The summed E-state index contributed by atoms with van der Waals surface area (Å²) in [5, 5.41) is 6.96. The molecule has 1 fully saturated rings. The number of aromatic nitrogens is 2. The number of rotatable bonds is 5. The summed E-state index contributed by atoms with van der Waals surface area (Å²) in [6, 6.07) is 26.1. The Balaban J connectivity index is 1.61. The molecular weight excluding hydrogens is 442 g/mol. The summed E-state index contributed by atoms with van der Waals surface area (Å²) in [7, 11) is 0. The fourth-order valence-corrected chi connectivity index (χ4v) is 4.76. The SMILES string of the molecule is CC(=O)Nc1ccc(N2C(=S)N[C@H](c3ccccn3)[C@H]2c2cccn2-c2ccc(C)cc2)cc1. The van der Waals surface area contributed by atoms with Crippen LogP contribution in [-0.2, 0) is 4.79 Å². The van der Waals surface area contributed by atoms with Crippen LogP contribution in [0.25, 0.3) is 5.69 Å². The monoisotopic (exact) mass is 467 g/mol. The Kier molecular flexibility index (Phi) is 5.86. The molecule has 1 saturated heterocycles. The van der Waals surface area contributed by atoms with Gasteiger partial charge in [0.05, 0.1) is 11.7 Å². The zero-order chi connectivity index (χ0) is 23.7. The van der Waals surface area contributed by atoms with Crippen LogP contribution in [0, 0.1) is 6.92 Å². The summed E-state index contributed by atoms with van der Waals surface area (Å²) in [6.45, 7) is 3.59. The second-order valence-electron chi connectivity index (χ2n) is 8.36. The Morgan fingerprint density at radius 3 is 2.38 bits per heavy atom. The molecule has 0 bridgehead atoms. The van der Waals surface area contributed by atoms with E-state index in [9.17, 15) is 4.79 Å². The standard InChI is InChI=1S/C27H25N5OS/c1-18-8-12-21(13-9-18)31-17-5-7-24(31)26-25(23-6-3-4-16-28-23)30-27(34)32(26)22-14-10-20(11-15-22)29-19(2)33/h3-17,25-26H,1-2H3,(H,29,33)(H,30,34)/t25-,26-/m1/s1. The van der Waals surface area contributed by atoms with E-state index in [2.05, 4.69) is 74.6 Å². The highest BCUT2D eigenvalue weighted by molar-refractivity contribution is 7.80. The number of nitrogens with one attached hydrogen (secondary N) is 2. The quantitative estimate of drug-likeness (QED) is 0.389. The van der Waals surface area contributed by atoms with E-state index < -0.39 is 0 Å². The lowest BCUT2D eigenvalue weighted by Gasteiger charge is -2.29. The van der Waals surface area contributed by atoms with Gasteiger partial charge in [0.2, 0.25) is 5.91 Å². The van der Waals surface area contributed by atoms with Crippen molar-refractivity contribution in [3.63, 3.8) is 0 Å². The van der Waals surface area contributed by atoms with Crippen LogP contribution < -0.4 is 15.5 Å². The number of benzene rings is 2. The number of hydrogen-bond donors (Lipinski definition) is 2. The van der Waals surface area contributed by atoms with E-state index in [-0.39, 0.29) is 18.0 Å². The summed E-state index contributed by atoms with van der Waals surface area (Å²) < 4.78 is 2.20. The molecular formula is C27H25N5OS. The molecule has 34 heavy (non-hydrogen) atoms. The van der Waals surface area contributed by atoms with Gasteiger partial charge in [-0.15, -0.1) is 0 Å². The first-order valence-electron chi connectivity index (χ1n) is 11.1. The van der Waals surface area contributed by atoms with Crippen molar-refractivity contribution in [3.05, 3.63) is 108 Å². The molecule has 4 aromatic rings. The van der Waals surface area contributed by atoms with Crippen molar-refractivity contribution in [2.24, 2.45) is 0 Å². The Morgan fingerprint density at radius 2 is 1.71 bits per heavy atom. The Morgan fingerprint density at radius 1 is 0.971 bits per heavy atom. The van der Waals surface area contributed by atoms with Gasteiger partial charge in [-0.05, 0) is 79.8 Å². The molecule has 5 rings (SSSR count). The number of carbonyl (C=O) groups is 1. The highest BCUT2D eigenvalue weighted by Gasteiger charge is 2.42. The molecule has 0 aliphatic carbocycles. The van der Waals surface area contributed by atoms with Crippen molar-refractivity contribution in [2.45, 2.75) is 25.9 Å². The molecule has 1 amide bonds. The lowest BCUT2D eigenvalue weighted by Crippen LogP contribution is -2.30. The predicted octanol–water partition coefficient (Wildman–Crippen LogP) is 5.32. The third-order valence-corrected chi connectivity index (χ3v) is 6.27. The van der Waals surface area contributed by atoms with E-state index >= 15 is 0 Å². The third kappa shape index (κ3) is 4.18. The predicted molar refractivity (Wildman–Crippen MR) is 139 cm³/mol. The molecule has 0 radical (unpaired) electrons. The Labute approximate surface area is 204 Å². The highest BCUT2D eigenvalue weighted by atomic mass is 32.1. The van der Waals surface area contributed by atoms with Crippen LogP contribution in [0.2, 0.25) is 0 Å². The van der Waals surface area contributed by atoms with Gasteiger partial charge in [0.1, 0.15) is 6.04 Å². The van der Waals surface area contributed by atoms with Crippen molar-refractivity contribution in [1.82, 2.24) is 14.9 Å². The molecule has 2 aromatic heterocycles. The van der Waals surface area contributed by atoms with Crippen LogP contribution >= 0.6 is 12.2 Å². The first-order chi connectivity index (χ1) is 16.5. The van der Waals surface area contributed by atoms with Gasteiger partial charge >= 0.3 is 0 Å². The molecule has 7 heteroatoms. The normalized spacial score (nSPS) is 17.5. The van der Waals surface area contributed by atoms with Gasteiger partial charge in [-0.2, -0.15) is 0 Å². The molecule has 0 spiro atoms. The summed E-state index contributed by atoms with van der Waals surface area (Å²) in [6.07, 6.45) is 3.88. The minimum atomic E-state index is -0.136. The van der Waals surface area contributed by atoms with E-state index in [0.29, 0.717) is 5.11 Å². The molecule has 2 N–H and O–H groups in total. The van der Waals surface area contributed by atoms with E-state index in [1.807, 2.05) is 42.5 Å². The fourth-order valence-electron chi connectivity index (χ4n) is 4.42. The fraction of sp³-hybridized carbons (Fsp3) is 0.148. The van der Waals surface area contributed by atoms with Gasteiger partial charge in [-0.3, -0.25) is 9.78 Å². The largest absolute Gasteiger partial charge is 0.351 e. The molecule has 6 nitrogen and oxygen atoms in total. The van der Waals surface area contributed by atoms with Crippen LogP contribution in [-0.4, -0.2) is 20.6 Å². The topological polar surface area (TPSA) is 62.2 Å². The molecule has 1 aliphatic heterocycles. The van der Waals surface area contributed by atoms with Gasteiger partial charge in [-0.1, -0.05) is 23.8 Å². The van der Waals surface area contributed by atoms with Crippen LogP contribution in [0.5, 0.6) is 0 Å². The Bertz CT molecular complexity index is 1320. The van der Waals surface area contributed by atoms with Gasteiger partial charge < -0.3 is 20.1 Å². The zero-order valence-electron chi connectivity index (χ0n) is 19.0.